The van der Waals surface area contributed by atoms with Gasteiger partial charge in [0.1, 0.15) is 18.3 Å². The summed E-state index contributed by atoms with van der Waals surface area (Å²) in [5.74, 6) is 0.582. The third kappa shape index (κ3) is 3.39. The van der Waals surface area contributed by atoms with Crippen LogP contribution < -0.4 is 0 Å². The molecule has 0 unspecified atom stereocenters. The summed E-state index contributed by atoms with van der Waals surface area (Å²) in [5.41, 5.74) is 1.66. The van der Waals surface area contributed by atoms with Crippen LogP contribution in [0.25, 0.3) is 0 Å². The molecule has 0 radical (unpaired) electrons. The average Bonchev–Trinajstić information content (AvgIpc) is 2.03. The first-order chi connectivity index (χ1) is 6.01. The molecule has 1 rings (SSSR count). The zero-order valence-electron chi connectivity index (χ0n) is 7.78. The lowest BCUT2D eigenvalue weighted by Gasteiger charge is -2.00. The Balaban J connectivity index is 2.83. The molecule has 0 aromatic heterocycles. The predicted octanol–water partition coefficient (Wildman–Crippen LogP) is 1.82. The van der Waals surface area contributed by atoms with Crippen LogP contribution in [0.1, 0.15) is 11.1 Å². The van der Waals surface area contributed by atoms with Crippen LogP contribution in [0.5, 0.6) is 0 Å². The monoisotopic (exact) mass is 194 g/mol. The Kier molecular flexibility index (Phi) is 2.84. The summed E-state index contributed by atoms with van der Waals surface area (Å²) in [4.78, 5) is 0. The number of hydrogen-bond acceptors (Lipinski definition) is 2. The van der Waals surface area contributed by atoms with Gasteiger partial charge in [0.2, 0.25) is 0 Å². The van der Waals surface area contributed by atoms with Crippen molar-refractivity contribution in [1.82, 2.24) is 0 Å². The second-order valence-corrected chi connectivity index (χ2v) is 6.55. The summed E-state index contributed by atoms with van der Waals surface area (Å²) in [6, 6.07) is 9.25. The molecule has 0 amide bonds. The van der Waals surface area contributed by atoms with Gasteiger partial charge < -0.3 is 0 Å². The summed E-state index contributed by atoms with van der Waals surface area (Å²) in [7, 11) is -1.73. The van der Waals surface area contributed by atoms with Gasteiger partial charge in [-0.2, -0.15) is 5.26 Å². The van der Waals surface area contributed by atoms with Crippen molar-refractivity contribution in [2.75, 3.05) is 12.5 Å². The minimum atomic E-state index is -1.73. The summed E-state index contributed by atoms with van der Waals surface area (Å²) >= 11 is 0. The van der Waals surface area contributed by atoms with Gasteiger partial charge in [-0.1, -0.05) is 12.1 Å². The molecule has 0 aliphatic rings. The summed E-state index contributed by atoms with van der Waals surface area (Å²) in [5, 5.41) is 8.55. The first-order valence-corrected chi connectivity index (χ1v) is 6.46. The van der Waals surface area contributed by atoms with Gasteiger partial charge in [-0.05, 0) is 12.1 Å². The molecule has 0 saturated heterocycles. The fraction of sp³-hybridized carbons (Fsp3) is 0.300. The van der Waals surface area contributed by atoms with Gasteiger partial charge in [0.05, 0.1) is 21.6 Å². The van der Waals surface area contributed by atoms with Crippen LogP contribution in [0.3, 0.4) is 0 Å². The molecular weight excluding hydrogens is 182 g/mol. The van der Waals surface area contributed by atoms with E-state index in [0.29, 0.717) is 11.3 Å². The van der Waals surface area contributed by atoms with Gasteiger partial charge in [-0.3, -0.25) is 0 Å². The molecule has 13 heavy (non-hydrogen) atoms. The lowest BCUT2D eigenvalue weighted by molar-refractivity contribution is 0.590. The molecule has 0 atom stereocenters. The Morgan fingerprint density at radius 2 is 1.85 bits per heavy atom. The quantitative estimate of drug-likeness (QED) is 0.674. The van der Waals surface area contributed by atoms with Gasteiger partial charge >= 0.3 is 0 Å². The van der Waals surface area contributed by atoms with Crippen LogP contribution in [0.15, 0.2) is 24.3 Å². The second kappa shape index (κ2) is 3.71. The molecule has 68 valence electrons. The van der Waals surface area contributed by atoms with E-state index in [1.165, 1.54) is 0 Å². The fourth-order valence-corrected chi connectivity index (χ4v) is 2.07. The lowest BCUT2D eigenvalue weighted by atomic mass is 10.2. The molecule has 0 bridgehead atoms. The molecular formula is C10H12NOS+. The first-order valence-electron chi connectivity index (χ1n) is 3.92. The molecule has 0 saturated carbocycles. The lowest BCUT2D eigenvalue weighted by Crippen LogP contribution is -2.07. The van der Waals surface area contributed by atoms with Crippen molar-refractivity contribution in [3.05, 3.63) is 35.4 Å². The summed E-state index contributed by atoms with van der Waals surface area (Å²) in [6.07, 6.45) is 3.48. The maximum Gasteiger partial charge on any atom is 0.136 e. The Morgan fingerprint density at radius 3 is 2.23 bits per heavy atom. The molecule has 0 fully saturated rings. The molecule has 1 aromatic rings. The molecule has 0 aliphatic heterocycles. The van der Waals surface area contributed by atoms with E-state index in [1.54, 1.807) is 24.6 Å². The Bertz CT molecular complexity index is 369. The van der Waals surface area contributed by atoms with Gasteiger partial charge in [0.15, 0.2) is 0 Å². The van der Waals surface area contributed by atoms with Gasteiger partial charge in [-0.15, -0.1) is 4.21 Å². The van der Waals surface area contributed by atoms with Crippen molar-refractivity contribution >= 4 is 9.93 Å². The van der Waals surface area contributed by atoms with Crippen LogP contribution >= 0.6 is 0 Å². The van der Waals surface area contributed by atoms with Crippen LogP contribution in [0.4, 0.5) is 0 Å². The van der Waals surface area contributed by atoms with E-state index in [1.807, 2.05) is 18.2 Å². The molecule has 0 N–H and O–H groups in total. The minimum Gasteiger partial charge on any atom is -0.192 e. The molecule has 0 aliphatic carbocycles. The number of rotatable bonds is 2. The Morgan fingerprint density at radius 1 is 1.31 bits per heavy atom. The maximum absolute atomic E-state index is 11.4. The van der Waals surface area contributed by atoms with E-state index in [9.17, 15) is 4.21 Å². The standard InChI is InChI=1S/C10H12NOS/c1-13(2,12)8-10-5-3-9(7-11)4-6-10/h3-6H,8H2,1-2H3/q+1. The zero-order valence-corrected chi connectivity index (χ0v) is 8.60. The molecule has 2 nitrogen and oxygen atoms in total. The summed E-state index contributed by atoms with van der Waals surface area (Å²) in [6.45, 7) is 0. The number of nitrogens with zero attached hydrogens (tertiary/aromatic N) is 1. The smallest absolute Gasteiger partial charge is 0.136 e. The van der Waals surface area contributed by atoms with Crippen LogP contribution in [0, 0.1) is 11.3 Å². The van der Waals surface area contributed by atoms with Crippen molar-refractivity contribution < 1.29 is 4.21 Å². The average molecular weight is 194 g/mol. The topological polar surface area (TPSA) is 40.9 Å². The summed E-state index contributed by atoms with van der Waals surface area (Å²) < 4.78 is 11.4. The largest absolute Gasteiger partial charge is 0.192 e. The third-order valence-electron chi connectivity index (χ3n) is 1.60. The van der Waals surface area contributed by atoms with Gasteiger partial charge in [-0.25, -0.2) is 0 Å². The zero-order chi connectivity index (χ0) is 9.90. The van der Waals surface area contributed by atoms with Crippen molar-refractivity contribution in [2.45, 2.75) is 5.75 Å². The Labute approximate surface area is 79.6 Å². The molecule has 3 heteroatoms. The SMILES string of the molecule is C[S+](C)(=O)Cc1ccc(C#N)cc1. The van der Waals surface area contributed by atoms with Crippen molar-refractivity contribution in [2.24, 2.45) is 0 Å². The van der Waals surface area contributed by atoms with E-state index < -0.39 is 9.93 Å². The van der Waals surface area contributed by atoms with Gasteiger partial charge in [0, 0.05) is 5.56 Å². The van der Waals surface area contributed by atoms with E-state index in [4.69, 9.17) is 5.26 Å². The van der Waals surface area contributed by atoms with Crippen LogP contribution in [-0.2, 0) is 19.9 Å². The van der Waals surface area contributed by atoms with E-state index in [0.717, 1.165) is 5.56 Å². The molecule has 0 heterocycles. The molecule has 1 aromatic carbocycles. The highest BCUT2D eigenvalue weighted by molar-refractivity contribution is 8.00. The number of benzene rings is 1. The number of hydrogen-bond donors (Lipinski definition) is 0. The fourth-order valence-electron chi connectivity index (χ4n) is 1.08. The van der Waals surface area contributed by atoms with Crippen molar-refractivity contribution in [3.8, 4) is 6.07 Å². The van der Waals surface area contributed by atoms with E-state index >= 15 is 0 Å². The predicted molar refractivity (Wildman–Crippen MR) is 54.8 cm³/mol. The third-order valence-corrected chi connectivity index (χ3v) is 2.63. The van der Waals surface area contributed by atoms with Gasteiger partial charge in [0.25, 0.3) is 0 Å². The van der Waals surface area contributed by atoms with E-state index in [2.05, 4.69) is 0 Å². The normalized spacial score (nSPS) is 10.8. The highest BCUT2D eigenvalue weighted by Gasteiger charge is 2.12. The van der Waals surface area contributed by atoms with Crippen LogP contribution in [-0.4, -0.2) is 12.5 Å². The first kappa shape index (κ1) is 9.94. The van der Waals surface area contributed by atoms with Crippen molar-refractivity contribution in [3.63, 3.8) is 0 Å². The highest BCUT2D eigenvalue weighted by Crippen LogP contribution is 2.09. The highest BCUT2D eigenvalue weighted by atomic mass is 32.2. The second-order valence-electron chi connectivity index (χ2n) is 3.39. The van der Waals surface area contributed by atoms with E-state index in [-0.39, 0.29) is 0 Å². The van der Waals surface area contributed by atoms with Crippen molar-refractivity contribution in [1.29, 1.82) is 5.26 Å². The number of nitriles is 1. The minimum absolute atomic E-state index is 0.582. The maximum atomic E-state index is 11.4. The Hall–Kier alpha value is -1.14. The van der Waals surface area contributed by atoms with Crippen LogP contribution in [0.2, 0.25) is 0 Å². The molecule has 0 spiro atoms.